The Hall–Kier alpha value is -2.06. The number of rotatable bonds is 6. The van der Waals surface area contributed by atoms with Gasteiger partial charge >= 0.3 is 6.61 Å². The summed E-state index contributed by atoms with van der Waals surface area (Å²) in [6, 6.07) is 8.24. The highest BCUT2D eigenvalue weighted by Gasteiger charge is 2.19. The second-order valence-corrected chi connectivity index (χ2v) is 6.84. The fraction of sp³-hybridized carbons (Fsp3) is 0.200. The van der Waals surface area contributed by atoms with Crippen LogP contribution in [0.3, 0.4) is 0 Å². The second-order valence-electron chi connectivity index (χ2n) is 4.78. The molecule has 0 fully saturated rings. The first kappa shape index (κ1) is 18.3. The maximum absolute atomic E-state index is 12.4. The predicted octanol–water partition coefficient (Wildman–Crippen LogP) is 4.06. The molecule has 5 nitrogen and oxygen atoms in total. The summed E-state index contributed by atoms with van der Waals surface area (Å²) in [6.45, 7) is -1.30. The third-order valence-electron chi connectivity index (χ3n) is 3.01. The van der Waals surface area contributed by atoms with Crippen LogP contribution in [-0.2, 0) is 10.0 Å². The first-order valence-electron chi connectivity index (χ1n) is 6.65. The molecule has 0 spiro atoms. The molecule has 0 bridgehead atoms. The van der Waals surface area contributed by atoms with Crippen LogP contribution in [0.2, 0.25) is 5.02 Å². The summed E-state index contributed by atoms with van der Waals surface area (Å²) in [5.74, 6) is -0.241. The Morgan fingerprint density at radius 1 is 1.12 bits per heavy atom. The predicted molar refractivity (Wildman–Crippen MR) is 86.6 cm³/mol. The van der Waals surface area contributed by atoms with Crippen LogP contribution in [0, 0.1) is 6.92 Å². The van der Waals surface area contributed by atoms with Crippen molar-refractivity contribution in [1.29, 1.82) is 0 Å². The van der Waals surface area contributed by atoms with E-state index < -0.39 is 16.6 Å². The zero-order valence-corrected chi connectivity index (χ0v) is 14.3. The number of methoxy groups -OCH3 is 1. The molecule has 2 rings (SSSR count). The number of benzene rings is 2. The fourth-order valence-electron chi connectivity index (χ4n) is 1.96. The highest BCUT2D eigenvalue weighted by molar-refractivity contribution is 7.92. The number of aryl methyl sites for hydroxylation is 1. The Bertz CT molecular complexity index is 843. The lowest BCUT2D eigenvalue weighted by molar-refractivity contribution is -0.0511. The molecule has 0 heterocycles. The van der Waals surface area contributed by atoms with Gasteiger partial charge in [-0.1, -0.05) is 17.7 Å². The van der Waals surface area contributed by atoms with Gasteiger partial charge < -0.3 is 9.47 Å². The zero-order chi connectivity index (χ0) is 17.9. The number of hydrogen-bond acceptors (Lipinski definition) is 4. The van der Waals surface area contributed by atoms with Crippen molar-refractivity contribution in [2.45, 2.75) is 18.4 Å². The van der Waals surface area contributed by atoms with Gasteiger partial charge in [0.25, 0.3) is 10.0 Å². The molecule has 0 aliphatic rings. The molecule has 0 aliphatic heterocycles. The largest absolute Gasteiger partial charge is 0.493 e. The van der Waals surface area contributed by atoms with Crippen LogP contribution in [-0.4, -0.2) is 22.1 Å². The first-order valence-corrected chi connectivity index (χ1v) is 8.51. The summed E-state index contributed by atoms with van der Waals surface area (Å²) in [5, 5.41) is 0.0556. The normalized spacial score (nSPS) is 11.4. The van der Waals surface area contributed by atoms with Gasteiger partial charge in [0.1, 0.15) is 4.90 Å². The summed E-state index contributed by atoms with van der Waals surface area (Å²) in [6.07, 6.45) is 0. The summed E-state index contributed by atoms with van der Waals surface area (Å²) in [5.41, 5.74) is 0.833. The van der Waals surface area contributed by atoms with E-state index in [4.69, 9.17) is 16.3 Å². The van der Waals surface area contributed by atoms with Crippen LogP contribution < -0.4 is 14.2 Å². The van der Waals surface area contributed by atoms with Crippen LogP contribution in [0.4, 0.5) is 14.5 Å². The number of sulfonamides is 1. The Morgan fingerprint density at radius 3 is 2.42 bits per heavy atom. The van der Waals surface area contributed by atoms with Crippen LogP contribution >= 0.6 is 11.6 Å². The van der Waals surface area contributed by atoms with Crippen molar-refractivity contribution in [2.24, 2.45) is 0 Å². The summed E-state index contributed by atoms with van der Waals surface area (Å²) in [7, 11) is -2.71. The average molecular weight is 378 g/mol. The van der Waals surface area contributed by atoms with Crippen molar-refractivity contribution >= 4 is 27.3 Å². The Kier molecular flexibility index (Phi) is 5.51. The van der Waals surface area contributed by atoms with Crippen molar-refractivity contribution < 1.29 is 26.7 Å². The molecule has 0 aliphatic carbocycles. The molecule has 0 aromatic heterocycles. The van der Waals surface area contributed by atoms with E-state index in [-0.39, 0.29) is 27.1 Å². The lowest BCUT2D eigenvalue weighted by Crippen LogP contribution is -2.14. The van der Waals surface area contributed by atoms with E-state index >= 15 is 0 Å². The van der Waals surface area contributed by atoms with Gasteiger partial charge in [-0.15, -0.1) is 0 Å². The van der Waals surface area contributed by atoms with Crippen molar-refractivity contribution in [3.05, 3.63) is 47.0 Å². The first-order chi connectivity index (χ1) is 11.2. The standard InChI is InChI=1S/C15H14ClF2NO4S/c1-9-3-6-14(11(16)7-9)24(20,21)19-10-4-5-12(22-2)13(8-10)23-15(17)18/h3-8,15,19H,1-2H3. The van der Waals surface area contributed by atoms with Crippen molar-refractivity contribution in [3.63, 3.8) is 0 Å². The minimum atomic E-state index is -3.99. The van der Waals surface area contributed by atoms with Gasteiger partial charge in [-0.05, 0) is 36.8 Å². The molecule has 1 N–H and O–H groups in total. The van der Waals surface area contributed by atoms with Crippen molar-refractivity contribution in [1.82, 2.24) is 0 Å². The van der Waals surface area contributed by atoms with E-state index in [1.165, 1.54) is 31.4 Å². The van der Waals surface area contributed by atoms with Gasteiger partial charge in [-0.2, -0.15) is 8.78 Å². The Morgan fingerprint density at radius 2 is 1.83 bits per heavy atom. The van der Waals surface area contributed by atoms with E-state index in [0.717, 1.165) is 11.6 Å². The average Bonchev–Trinajstić information content (AvgIpc) is 2.46. The summed E-state index contributed by atoms with van der Waals surface area (Å²) >= 11 is 5.97. The number of hydrogen-bond donors (Lipinski definition) is 1. The molecule has 0 unspecified atom stereocenters. The maximum Gasteiger partial charge on any atom is 0.387 e. The molecule has 0 saturated carbocycles. The number of nitrogens with one attached hydrogen (secondary N) is 1. The maximum atomic E-state index is 12.4. The van der Waals surface area contributed by atoms with Gasteiger partial charge in [-0.25, -0.2) is 8.42 Å². The molecule has 0 amide bonds. The third kappa shape index (κ3) is 4.27. The van der Waals surface area contributed by atoms with Gasteiger partial charge in [-0.3, -0.25) is 4.72 Å². The van der Waals surface area contributed by atoms with E-state index in [1.54, 1.807) is 13.0 Å². The van der Waals surface area contributed by atoms with Crippen LogP contribution in [0.15, 0.2) is 41.3 Å². The summed E-state index contributed by atoms with van der Waals surface area (Å²) in [4.78, 5) is -0.123. The quantitative estimate of drug-likeness (QED) is 0.824. The number of alkyl halides is 2. The highest BCUT2D eigenvalue weighted by Crippen LogP contribution is 2.33. The lowest BCUT2D eigenvalue weighted by atomic mass is 10.2. The van der Waals surface area contributed by atoms with Crippen molar-refractivity contribution in [3.8, 4) is 11.5 Å². The molecule has 0 atom stereocenters. The highest BCUT2D eigenvalue weighted by atomic mass is 35.5. The molecule has 0 saturated heterocycles. The number of halogens is 3. The minimum absolute atomic E-state index is 0.0306. The van der Waals surface area contributed by atoms with Gasteiger partial charge in [0.05, 0.1) is 17.8 Å². The number of ether oxygens (including phenoxy) is 2. The van der Waals surface area contributed by atoms with Crippen molar-refractivity contribution in [2.75, 3.05) is 11.8 Å². The molecule has 2 aromatic carbocycles. The molecular weight excluding hydrogens is 364 g/mol. The lowest BCUT2D eigenvalue weighted by Gasteiger charge is -2.13. The Balaban J connectivity index is 2.35. The van der Waals surface area contributed by atoms with E-state index in [0.29, 0.717) is 0 Å². The summed E-state index contributed by atoms with van der Waals surface area (Å²) < 4.78 is 61.1. The van der Waals surface area contributed by atoms with Crippen LogP contribution in [0.25, 0.3) is 0 Å². The van der Waals surface area contributed by atoms with Crippen LogP contribution in [0.1, 0.15) is 5.56 Å². The topological polar surface area (TPSA) is 64.6 Å². The SMILES string of the molecule is COc1ccc(NS(=O)(=O)c2ccc(C)cc2Cl)cc1OC(F)F. The smallest absolute Gasteiger partial charge is 0.387 e. The molecule has 9 heteroatoms. The molecule has 24 heavy (non-hydrogen) atoms. The van der Waals surface area contributed by atoms with E-state index in [1.807, 2.05) is 0 Å². The van der Waals surface area contributed by atoms with Gasteiger partial charge in [0, 0.05) is 6.07 Å². The number of anilines is 1. The molecule has 0 radical (unpaired) electrons. The van der Waals surface area contributed by atoms with E-state index in [9.17, 15) is 17.2 Å². The zero-order valence-electron chi connectivity index (χ0n) is 12.7. The van der Waals surface area contributed by atoms with E-state index in [2.05, 4.69) is 9.46 Å². The van der Waals surface area contributed by atoms with Crippen LogP contribution in [0.5, 0.6) is 11.5 Å². The third-order valence-corrected chi connectivity index (χ3v) is 4.87. The molecule has 2 aromatic rings. The monoisotopic (exact) mass is 377 g/mol. The molecular formula is C15H14ClF2NO4S. The van der Waals surface area contributed by atoms with Gasteiger partial charge in [0.2, 0.25) is 0 Å². The minimum Gasteiger partial charge on any atom is -0.493 e. The molecule has 130 valence electrons. The second kappa shape index (κ2) is 7.23. The fourth-order valence-corrected chi connectivity index (χ4v) is 3.61. The Labute approximate surface area is 143 Å². The van der Waals surface area contributed by atoms with Gasteiger partial charge in [0.15, 0.2) is 11.5 Å².